The molecule has 1 saturated carbocycles. The fourth-order valence-corrected chi connectivity index (χ4v) is 2.69. The number of aryl methyl sites for hydroxylation is 1. The summed E-state index contributed by atoms with van der Waals surface area (Å²) in [6, 6.07) is 8.24. The monoisotopic (exact) mass is 192 g/mol. The molecule has 1 aromatic carbocycles. The Balaban J connectivity index is 2.41. The Morgan fingerprint density at radius 2 is 1.86 bits per heavy atom. The number of alkyl halides is 1. The maximum atomic E-state index is 13.2. The van der Waals surface area contributed by atoms with Gasteiger partial charge in [-0.1, -0.05) is 37.1 Å². The molecule has 1 aliphatic rings. The van der Waals surface area contributed by atoms with Crippen LogP contribution in [-0.4, -0.2) is 6.67 Å². The van der Waals surface area contributed by atoms with Crippen molar-refractivity contribution in [1.82, 2.24) is 0 Å². The van der Waals surface area contributed by atoms with Crippen LogP contribution in [0.1, 0.15) is 36.8 Å². The van der Waals surface area contributed by atoms with E-state index < -0.39 is 0 Å². The topological polar surface area (TPSA) is 0 Å². The Kier molecular flexibility index (Phi) is 2.58. The third-order valence-electron chi connectivity index (χ3n) is 3.53. The van der Waals surface area contributed by atoms with Crippen LogP contribution in [0.3, 0.4) is 0 Å². The lowest BCUT2D eigenvalue weighted by atomic mass is 9.78. The molecule has 0 unspecified atom stereocenters. The van der Waals surface area contributed by atoms with Gasteiger partial charge in [0.25, 0.3) is 0 Å². The zero-order valence-corrected chi connectivity index (χ0v) is 8.72. The van der Waals surface area contributed by atoms with Gasteiger partial charge in [0.15, 0.2) is 0 Å². The Bertz CT molecular complexity index is 311. The van der Waals surface area contributed by atoms with E-state index >= 15 is 0 Å². The van der Waals surface area contributed by atoms with Gasteiger partial charge in [0, 0.05) is 5.41 Å². The summed E-state index contributed by atoms with van der Waals surface area (Å²) in [5.74, 6) is 0. The predicted octanol–water partition coefficient (Wildman–Crippen LogP) is 3.78. The first kappa shape index (κ1) is 9.70. The van der Waals surface area contributed by atoms with Crippen LogP contribution < -0.4 is 0 Å². The van der Waals surface area contributed by atoms with Crippen molar-refractivity contribution in [3.8, 4) is 0 Å². The van der Waals surface area contributed by atoms with E-state index in [1.807, 2.05) is 12.1 Å². The molecule has 0 radical (unpaired) electrons. The van der Waals surface area contributed by atoms with Crippen molar-refractivity contribution in [3.05, 3.63) is 35.4 Å². The van der Waals surface area contributed by atoms with Gasteiger partial charge < -0.3 is 0 Å². The van der Waals surface area contributed by atoms with E-state index in [0.29, 0.717) is 0 Å². The molecule has 0 spiro atoms. The van der Waals surface area contributed by atoms with Gasteiger partial charge in [-0.2, -0.15) is 0 Å². The zero-order valence-electron chi connectivity index (χ0n) is 8.72. The Labute approximate surface area is 85.1 Å². The van der Waals surface area contributed by atoms with Crippen LogP contribution in [0.2, 0.25) is 0 Å². The highest BCUT2D eigenvalue weighted by atomic mass is 19.1. The molecule has 0 atom stereocenters. The minimum atomic E-state index is -0.197. The molecular formula is C13H17F. The molecule has 1 heteroatoms. The van der Waals surface area contributed by atoms with Crippen molar-refractivity contribution in [1.29, 1.82) is 0 Å². The van der Waals surface area contributed by atoms with Gasteiger partial charge in [-0.3, -0.25) is 4.39 Å². The summed E-state index contributed by atoms with van der Waals surface area (Å²) in [6.45, 7) is 1.89. The fourth-order valence-electron chi connectivity index (χ4n) is 2.69. The van der Waals surface area contributed by atoms with Crippen LogP contribution in [0, 0.1) is 6.92 Å². The van der Waals surface area contributed by atoms with Crippen molar-refractivity contribution >= 4 is 0 Å². The van der Waals surface area contributed by atoms with Crippen LogP contribution in [0.25, 0.3) is 0 Å². The minimum Gasteiger partial charge on any atom is -0.250 e. The van der Waals surface area contributed by atoms with Gasteiger partial charge in [-0.25, -0.2) is 0 Å². The highest BCUT2D eigenvalue weighted by molar-refractivity contribution is 5.34. The van der Waals surface area contributed by atoms with Crippen molar-refractivity contribution in [2.75, 3.05) is 6.67 Å². The molecule has 1 aliphatic carbocycles. The van der Waals surface area contributed by atoms with Crippen LogP contribution in [0.5, 0.6) is 0 Å². The third kappa shape index (κ3) is 1.45. The smallest absolute Gasteiger partial charge is 0.0991 e. The molecule has 0 bridgehead atoms. The molecule has 0 aromatic heterocycles. The van der Waals surface area contributed by atoms with Gasteiger partial charge >= 0.3 is 0 Å². The van der Waals surface area contributed by atoms with E-state index in [9.17, 15) is 4.39 Å². The SMILES string of the molecule is Cc1ccccc1C1(CF)CCCC1. The molecule has 0 amide bonds. The third-order valence-corrected chi connectivity index (χ3v) is 3.53. The first-order valence-corrected chi connectivity index (χ1v) is 5.41. The highest BCUT2D eigenvalue weighted by Crippen LogP contribution is 2.42. The summed E-state index contributed by atoms with van der Waals surface area (Å²) in [5.41, 5.74) is 2.33. The molecule has 1 fully saturated rings. The molecule has 2 rings (SSSR count). The van der Waals surface area contributed by atoms with Crippen LogP contribution in [-0.2, 0) is 5.41 Å². The zero-order chi connectivity index (χ0) is 10.0. The van der Waals surface area contributed by atoms with Crippen LogP contribution in [0.4, 0.5) is 4.39 Å². The van der Waals surface area contributed by atoms with Crippen molar-refractivity contribution in [2.45, 2.75) is 38.0 Å². The normalized spacial score (nSPS) is 19.9. The second-order valence-corrected chi connectivity index (χ2v) is 4.44. The number of rotatable bonds is 2. The summed E-state index contributed by atoms with van der Waals surface area (Å²) < 4.78 is 13.2. The standard InChI is InChI=1S/C13H17F/c1-11-6-2-3-7-12(11)13(10-14)8-4-5-9-13/h2-3,6-7H,4-5,8-10H2,1H3. The molecule has 14 heavy (non-hydrogen) atoms. The maximum Gasteiger partial charge on any atom is 0.0991 e. The summed E-state index contributed by atoms with van der Waals surface area (Å²) in [7, 11) is 0. The predicted molar refractivity (Wildman–Crippen MR) is 57.3 cm³/mol. The first-order chi connectivity index (χ1) is 6.78. The second-order valence-electron chi connectivity index (χ2n) is 4.44. The summed E-state index contributed by atoms with van der Waals surface area (Å²) in [4.78, 5) is 0. The van der Waals surface area contributed by atoms with Crippen molar-refractivity contribution < 1.29 is 4.39 Å². The van der Waals surface area contributed by atoms with Gasteiger partial charge in [0.1, 0.15) is 0 Å². The van der Waals surface area contributed by atoms with Gasteiger partial charge in [0.2, 0.25) is 0 Å². The Hall–Kier alpha value is -0.850. The molecule has 0 saturated heterocycles. The Morgan fingerprint density at radius 1 is 1.21 bits per heavy atom. The van der Waals surface area contributed by atoms with E-state index in [2.05, 4.69) is 19.1 Å². The van der Waals surface area contributed by atoms with Crippen LogP contribution >= 0.6 is 0 Å². The minimum absolute atomic E-state index is 0.147. The quantitative estimate of drug-likeness (QED) is 0.669. The number of hydrogen-bond acceptors (Lipinski definition) is 0. The average Bonchev–Trinajstić information content (AvgIpc) is 2.68. The van der Waals surface area contributed by atoms with Crippen molar-refractivity contribution in [2.24, 2.45) is 0 Å². The lowest BCUT2D eigenvalue weighted by Crippen LogP contribution is -2.25. The number of hydrogen-bond donors (Lipinski definition) is 0. The molecule has 0 N–H and O–H groups in total. The van der Waals surface area contributed by atoms with Gasteiger partial charge in [-0.05, 0) is 30.9 Å². The van der Waals surface area contributed by atoms with Crippen molar-refractivity contribution in [3.63, 3.8) is 0 Å². The maximum absolute atomic E-state index is 13.2. The summed E-state index contributed by atoms with van der Waals surface area (Å²) >= 11 is 0. The van der Waals surface area contributed by atoms with E-state index in [4.69, 9.17) is 0 Å². The largest absolute Gasteiger partial charge is 0.250 e. The molecule has 1 aromatic rings. The van der Waals surface area contributed by atoms with Gasteiger partial charge in [0.05, 0.1) is 6.67 Å². The fraction of sp³-hybridized carbons (Fsp3) is 0.538. The van der Waals surface area contributed by atoms with Gasteiger partial charge in [-0.15, -0.1) is 0 Å². The molecule has 0 aliphatic heterocycles. The van der Waals surface area contributed by atoms with E-state index in [-0.39, 0.29) is 12.1 Å². The lowest BCUT2D eigenvalue weighted by Gasteiger charge is -2.27. The number of benzene rings is 1. The molecule has 0 nitrogen and oxygen atoms in total. The number of halogens is 1. The second kappa shape index (κ2) is 3.72. The molecule has 76 valence electrons. The molecular weight excluding hydrogens is 175 g/mol. The summed E-state index contributed by atoms with van der Waals surface area (Å²) in [5, 5.41) is 0. The van der Waals surface area contributed by atoms with E-state index in [1.165, 1.54) is 24.0 Å². The first-order valence-electron chi connectivity index (χ1n) is 5.41. The highest BCUT2D eigenvalue weighted by Gasteiger charge is 2.36. The molecule has 0 heterocycles. The summed E-state index contributed by atoms with van der Waals surface area (Å²) in [6.07, 6.45) is 4.40. The average molecular weight is 192 g/mol. The van der Waals surface area contributed by atoms with E-state index in [0.717, 1.165) is 12.8 Å². The lowest BCUT2D eigenvalue weighted by molar-refractivity contribution is 0.308. The Morgan fingerprint density at radius 3 is 2.43 bits per heavy atom. The van der Waals surface area contributed by atoms with E-state index in [1.54, 1.807) is 0 Å². The van der Waals surface area contributed by atoms with Crippen LogP contribution in [0.15, 0.2) is 24.3 Å².